The van der Waals surface area contributed by atoms with Crippen molar-refractivity contribution in [2.24, 2.45) is 5.92 Å². The van der Waals surface area contributed by atoms with Crippen molar-refractivity contribution in [1.82, 2.24) is 4.98 Å². The topological polar surface area (TPSA) is 112 Å². The number of aliphatic hydroxyl groups excluding tert-OH is 1. The summed E-state index contributed by atoms with van der Waals surface area (Å²) in [5.74, 6) is 0.162. The van der Waals surface area contributed by atoms with Crippen LogP contribution in [0.5, 0.6) is 0 Å². The third-order valence-corrected chi connectivity index (χ3v) is 3.38. The average Bonchev–Trinajstić information content (AvgIpc) is 2.81. The van der Waals surface area contributed by atoms with Crippen LogP contribution in [-0.2, 0) is 0 Å². The molecule has 0 spiro atoms. The van der Waals surface area contributed by atoms with Crippen molar-refractivity contribution in [2.45, 2.75) is 25.4 Å². The first-order valence-corrected chi connectivity index (χ1v) is 6.09. The lowest BCUT2D eigenvalue weighted by atomic mass is 10.1. The molecule has 0 aromatic carbocycles. The van der Waals surface area contributed by atoms with E-state index >= 15 is 0 Å². The van der Waals surface area contributed by atoms with Gasteiger partial charge in [0.25, 0.3) is 0 Å². The normalized spacial score (nSPS) is 21.9. The fourth-order valence-electron chi connectivity index (χ4n) is 2.34. The van der Waals surface area contributed by atoms with Gasteiger partial charge in [0.05, 0.1) is 11.0 Å². The number of nitrogens with one attached hydrogen (secondary N) is 1. The Morgan fingerprint density at radius 1 is 1.63 bits per heavy atom. The molecule has 1 aromatic rings. The summed E-state index contributed by atoms with van der Waals surface area (Å²) in [4.78, 5) is 14.3. The summed E-state index contributed by atoms with van der Waals surface area (Å²) < 4.78 is 0. The molecule has 0 saturated heterocycles. The van der Waals surface area contributed by atoms with Gasteiger partial charge in [-0.15, -0.1) is 0 Å². The lowest BCUT2D eigenvalue weighted by Crippen LogP contribution is -2.22. The second-order valence-electron chi connectivity index (χ2n) is 4.56. The van der Waals surface area contributed by atoms with Crippen molar-refractivity contribution in [2.75, 3.05) is 11.9 Å². The molecule has 2 unspecified atom stereocenters. The zero-order valence-corrected chi connectivity index (χ0v) is 10.2. The van der Waals surface area contributed by atoms with Gasteiger partial charge < -0.3 is 10.4 Å². The Bertz CT molecular complexity index is 526. The maximum absolute atomic E-state index is 11.0. The highest BCUT2D eigenvalue weighted by molar-refractivity contribution is 5.64. The summed E-state index contributed by atoms with van der Waals surface area (Å²) in [6, 6.07) is 3.10. The summed E-state index contributed by atoms with van der Waals surface area (Å²) >= 11 is 0. The Balaban J connectivity index is 2.16. The Morgan fingerprint density at radius 3 is 3.00 bits per heavy atom. The van der Waals surface area contributed by atoms with E-state index in [9.17, 15) is 15.2 Å². The van der Waals surface area contributed by atoms with Gasteiger partial charge in [0.2, 0.25) is 5.82 Å². The molecule has 7 nitrogen and oxygen atoms in total. The van der Waals surface area contributed by atoms with Gasteiger partial charge in [0, 0.05) is 18.7 Å². The van der Waals surface area contributed by atoms with Crippen LogP contribution in [0.15, 0.2) is 12.3 Å². The first-order valence-electron chi connectivity index (χ1n) is 6.09. The van der Waals surface area contributed by atoms with E-state index in [1.165, 1.54) is 12.3 Å². The number of nitriles is 1. The van der Waals surface area contributed by atoms with Gasteiger partial charge in [-0.05, 0) is 18.9 Å². The summed E-state index contributed by atoms with van der Waals surface area (Å²) in [6.07, 6.45) is 3.60. The Kier molecular flexibility index (Phi) is 3.92. The predicted octanol–water partition coefficient (Wildman–Crippen LogP) is 1.43. The number of hydrogen-bond donors (Lipinski definition) is 2. The van der Waals surface area contributed by atoms with Crippen LogP contribution in [0.25, 0.3) is 0 Å². The second-order valence-corrected chi connectivity index (χ2v) is 4.56. The van der Waals surface area contributed by atoms with Crippen LogP contribution in [0.4, 0.5) is 11.5 Å². The predicted molar refractivity (Wildman–Crippen MR) is 67.4 cm³/mol. The van der Waals surface area contributed by atoms with Gasteiger partial charge in [-0.2, -0.15) is 5.26 Å². The number of rotatable bonds is 4. The van der Waals surface area contributed by atoms with Crippen molar-refractivity contribution in [1.29, 1.82) is 5.26 Å². The van der Waals surface area contributed by atoms with Crippen molar-refractivity contribution in [3.8, 4) is 6.07 Å². The van der Waals surface area contributed by atoms with E-state index in [-0.39, 0.29) is 29.1 Å². The van der Waals surface area contributed by atoms with E-state index in [4.69, 9.17) is 5.26 Å². The molecule has 1 aromatic heterocycles. The quantitative estimate of drug-likeness (QED) is 0.627. The fourth-order valence-corrected chi connectivity index (χ4v) is 2.34. The molecule has 1 aliphatic carbocycles. The smallest absolute Gasteiger partial charge is 0.328 e. The zero-order chi connectivity index (χ0) is 13.8. The first kappa shape index (κ1) is 13.2. The van der Waals surface area contributed by atoms with Crippen LogP contribution in [0.3, 0.4) is 0 Å². The van der Waals surface area contributed by atoms with Crippen LogP contribution in [0, 0.1) is 27.4 Å². The van der Waals surface area contributed by atoms with Gasteiger partial charge in [0.15, 0.2) is 0 Å². The molecule has 2 N–H and O–H groups in total. The lowest BCUT2D eigenvalue weighted by Gasteiger charge is -2.15. The van der Waals surface area contributed by atoms with Crippen LogP contribution in [-0.4, -0.2) is 27.7 Å². The van der Waals surface area contributed by atoms with E-state index in [1.54, 1.807) is 6.07 Å². The molecule has 1 aliphatic rings. The number of nitro groups is 1. The number of anilines is 1. The largest absolute Gasteiger partial charge is 0.393 e. The third-order valence-electron chi connectivity index (χ3n) is 3.38. The number of nitrogens with zero attached hydrogens (tertiary/aromatic N) is 3. The number of aliphatic hydroxyl groups is 1. The van der Waals surface area contributed by atoms with Crippen LogP contribution in [0.1, 0.15) is 24.8 Å². The molecule has 7 heteroatoms. The Morgan fingerprint density at radius 2 is 2.42 bits per heavy atom. The Hall–Kier alpha value is -2.20. The van der Waals surface area contributed by atoms with E-state index < -0.39 is 4.92 Å². The van der Waals surface area contributed by atoms with Crippen molar-refractivity contribution in [3.05, 3.63) is 27.9 Å². The summed E-state index contributed by atoms with van der Waals surface area (Å²) in [5, 5.41) is 32.4. The van der Waals surface area contributed by atoms with Crippen LogP contribution in [0.2, 0.25) is 0 Å². The molecule has 2 atom stereocenters. The summed E-state index contributed by atoms with van der Waals surface area (Å²) in [6.45, 7) is 0.421. The molecule has 0 amide bonds. The standard InChI is InChI=1S/C12H14N4O3/c13-6-8-4-5-14-12(11(8)16(18)19)15-7-9-2-1-3-10(9)17/h4-5,9-10,17H,1-3,7H2,(H,14,15). The SMILES string of the molecule is N#Cc1ccnc(NCC2CCCC2O)c1[N+](=O)[O-]. The highest BCUT2D eigenvalue weighted by atomic mass is 16.6. The molecular weight excluding hydrogens is 248 g/mol. The molecule has 1 heterocycles. The van der Waals surface area contributed by atoms with Gasteiger partial charge in [-0.3, -0.25) is 10.1 Å². The fraction of sp³-hybridized carbons (Fsp3) is 0.500. The molecule has 19 heavy (non-hydrogen) atoms. The maximum atomic E-state index is 11.0. The van der Waals surface area contributed by atoms with E-state index in [0.29, 0.717) is 6.54 Å². The monoisotopic (exact) mass is 262 g/mol. The molecule has 0 aliphatic heterocycles. The minimum absolute atomic E-state index is 0.0190. The average molecular weight is 262 g/mol. The van der Waals surface area contributed by atoms with E-state index in [0.717, 1.165) is 19.3 Å². The highest BCUT2D eigenvalue weighted by Crippen LogP contribution is 2.29. The highest BCUT2D eigenvalue weighted by Gasteiger charge is 2.27. The lowest BCUT2D eigenvalue weighted by molar-refractivity contribution is -0.384. The Labute approximate surface area is 110 Å². The molecular formula is C12H14N4O3. The summed E-state index contributed by atoms with van der Waals surface area (Å²) in [5.41, 5.74) is -0.327. The van der Waals surface area contributed by atoms with Gasteiger partial charge in [-0.1, -0.05) is 6.42 Å². The van der Waals surface area contributed by atoms with Crippen molar-refractivity contribution < 1.29 is 10.0 Å². The molecule has 1 saturated carbocycles. The number of aromatic nitrogens is 1. The van der Waals surface area contributed by atoms with Gasteiger partial charge in [0.1, 0.15) is 11.6 Å². The molecule has 0 bridgehead atoms. The molecule has 1 fully saturated rings. The molecule has 100 valence electrons. The van der Waals surface area contributed by atoms with Gasteiger partial charge in [-0.25, -0.2) is 4.98 Å². The van der Waals surface area contributed by atoms with E-state index in [2.05, 4.69) is 10.3 Å². The second kappa shape index (κ2) is 5.63. The first-order chi connectivity index (χ1) is 9.13. The van der Waals surface area contributed by atoms with Gasteiger partial charge >= 0.3 is 5.69 Å². The third kappa shape index (κ3) is 2.80. The minimum Gasteiger partial charge on any atom is -0.393 e. The molecule has 0 radical (unpaired) electrons. The van der Waals surface area contributed by atoms with E-state index in [1.807, 2.05) is 0 Å². The maximum Gasteiger partial charge on any atom is 0.328 e. The minimum atomic E-state index is -0.612. The van der Waals surface area contributed by atoms with Crippen LogP contribution >= 0.6 is 0 Å². The molecule has 2 rings (SSSR count). The van der Waals surface area contributed by atoms with Crippen LogP contribution < -0.4 is 5.32 Å². The number of hydrogen-bond acceptors (Lipinski definition) is 6. The summed E-state index contributed by atoms with van der Waals surface area (Å²) in [7, 11) is 0. The number of pyridine rings is 1. The zero-order valence-electron chi connectivity index (χ0n) is 10.2. The van der Waals surface area contributed by atoms with Crippen molar-refractivity contribution >= 4 is 11.5 Å². The van der Waals surface area contributed by atoms with Crippen molar-refractivity contribution in [3.63, 3.8) is 0 Å².